The Labute approximate surface area is 94.4 Å². The van der Waals surface area contributed by atoms with Gasteiger partial charge in [0.2, 0.25) is 0 Å². The van der Waals surface area contributed by atoms with E-state index in [4.69, 9.17) is 12.2 Å². The number of rotatable bonds is 1. The van der Waals surface area contributed by atoms with Crippen molar-refractivity contribution in [3.8, 4) is 0 Å². The van der Waals surface area contributed by atoms with Crippen molar-refractivity contribution in [3.05, 3.63) is 41.0 Å². The van der Waals surface area contributed by atoms with Gasteiger partial charge in [-0.05, 0) is 41.9 Å². The topological polar surface area (TPSA) is 0 Å². The molecule has 2 rings (SSSR count). The smallest absolute Gasteiger partial charge is 0.0735 e. The first kappa shape index (κ1) is 9.94. The molecule has 0 nitrogen and oxygen atoms in total. The summed E-state index contributed by atoms with van der Waals surface area (Å²) in [6, 6.07) is 8.55. The summed E-state index contributed by atoms with van der Waals surface area (Å²) >= 11 is 6.97. The van der Waals surface area contributed by atoms with Gasteiger partial charge in [-0.15, -0.1) is 11.8 Å². The standard InChI is InChI=1S/C12H12S2/c1-14-12(13)11-7-6-9-4-2-3-5-10(9)8-11/h2-5,8H,6-7H2,1H3. The Morgan fingerprint density at radius 2 is 2.07 bits per heavy atom. The first-order valence-electron chi connectivity index (χ1n) is 4.68. The van der Waals surface area contributed by atoms with Crippen LogP contribution in [0.2, 0.25) is 0 Å². The monoisotopic (exact) mass is 220 g/mol. The zero-order valence-corrected chi connectivity index (χ0v) is 9.75. The predicted octanol–water partition coefficient (Wildman–Crippen LogP) is 3.71. The van der Waals surface area contributed by atoms with Gasteiger partial charge in [0.1, 0.15) is 0 Å². The molecule has 0 heterocycles. The van der Waals surface area contributed by atoms with Crippen LogP contribution >= 0.6 is 24.0 Å². The maximum absolute atomic E-state index is 5.30. The highest BCUT2D eigenvalue weighted by Gasteiger charge is 2.11. The van der Waals surface area contributed by atoms with Crippen molar-refractivity contribution in [1.29, 1.82) is 0 Å². The zero-order chi connectivity index (χ0) is 9.97. The highest BCUT2D eigenvalue weighted by Crippen LogP contribution is 2.26. The minimum atomic E-state index is 1.04. The van der Waals surface area contributed by atoms with Crippen molar-refractivity contribution in [3.63, 3.8) is 0 Å². The molecule has 14 heavy (non-hydrogen) atoms. The molecule has 0 aliphatic heterocycles. The molecule has 0 atom stereocenters. The van der Waals surface area contributed by atoms with Gasteiger partial charge in [0.25, 0.3) is 0 Å². The summed E-state index contributed by atoms with van der Waals surface area (Å²) in [7, 11) is 0. The lowest BCUT2D eigenvalue weighted by molar-refractivity contribution is 0.966. The number of aryl methyl sites for hydroxylation is 1. The normalized spacial score (nSPS) is 14.5. The minimum absolute atomic E-state index is 1.04. The molecule has 0 fully saturated rings. The van der Waals surface area contributed by atoms with Gasteiger partial charge in [-0.1, -0.05) is 36.5 Å². The maximum atomic E-state index is 5.30. The van der Waals surface area contributed by atoms with E-state index in [0.717, 1.165) is 17.0 Å². The van der Waals surface area contributed by atoms with Crippen molar-refractivity contribution in [2.24, 2.45) is 0 Å². The number of hydrogen-bond donors (Lipinski definition) is 0. The van der Waals surface area contributed by atoms with Gasteiger partial charge >= 0.3 is 0 Å². The molecule has 0 N–H and O–H groups in total. The second kappa shape index (κ2) is 4.28. The van der Waals surface area contributed by atoms with Crippen molar-refractivity contribution in [2.75, 3.05) is 6.26 Å². The molecule has 0 unspecified atom stereocenters. The summed E-state index contributed by atoms with van der Waals surface area (Å²) in [6.07, 6.45) is 6.50. The van der Waals surface area contributed by atoms with Gasteiger partial charge < -0.3 is 0 Å². The minimum Gasteiger partial charge on any atom is -0.118 e. The van der Waals surface area contributed by atoms with Crippen LogP contribution in [0.4, 0.5) is 0 Å². The van der Waals surface area contributed by atoms with E-state index in [1.165, 1.54) is 16.7 Å². The molecule has 1 aliphatic rings. The second-order valence-corrected chi connectivity index (χ2v) is 4.84. The third-order valence-corrected chi connectivity index (χ3v) is 3.89. The van der Waals surface area contributed by atoms with Crippen LogP contribution in [0, 0.1) is 0 Å². The fourth-order valence-electron chi connectivity index (χ4n) is 1.72. The molecule has 1 aliphatic carbocycles. The first-order chi connectivity index (χ1) is 6.81. The fourth-order valence-corrected chi connectivity index (χ4v) is 2.31. The molecule has 2 heteroatoms. The van der Waals surface area contributed by atoms with E-state index >= 15 is 0 Å². The quantitative estimate of drug-likeness (QED) is 0.662. The molecule has 0 amide bonds. The Balaban J connectivity index is 2.36. The molecule has 72 valence electrons. The van der Waals surface area contributed by atoms with Crippen LogP contribution in [0.3, 0.4) is 0 Å². The van der Waals surface area contributed by atoms with Crippen LogP contribution in [0.1, 0.15) is 17.5 Å². The predicted molar refractivity (Wildman–Crippen MR) is 68.9 cm³/mol. The zero-order valence-electron chi connectivity index (χ0n) is 8.12. The van der Waals surface area contributed by atoms with Crippen LogP contribution in [-0.4, -0.2) is 10.5 Å². The van der Waals surface area contributed by atoms with Gasteiger partial charge in [0.05, 0.1) is 4.20 Å². The SMILES string of the molecule is CSC(=S)C1=Cc2ccccc2CC1. The Kier molecular flexibility index (Phi) is 3.04. The highest BCUT2D eigenvalue weighted by molar-refractivity contribution is 8.23. The van der Waals surface area contributed by atoms with Crippen LogP contribution in [0.25, 0.3) is 6.08 Å². The van der Waals surface area contributed by atoms with E-state index in [1.807, 2.05) is 6.26 Å². The summed E-state index contributed by atoms with van der Waals surface area (Å²) < 4.78 is 1.04. The van der Waals surface area contributed by atoms with E-state index in [0.29, 0.717) is 0 Å². The number of thiocarbonyl (C=S) groups is 1. The number of hydrogen-bond acceptors (Lipinski definition) is 2. The van der Waals surface area contributed by atoms with Crippen molar-refractivity contribution in [1.82, 2.24) is 0 Å². The highest BCUT2D eigenvalue weighted by atomic mass is 32.2. The van der Waals surface area contributed by atoms with Gasteiger partial charge in [-0.3, -0.25) is 0 Å². The van der Waals surface area contributed by atoms with Gasteiger partial charge in [-0.2, -0.15) is 0 Å². The third-order valence-electron chi connectivity index (χ3n) is 2.50. The van der Waals surface area contributed by atoms with E-state index in [2.05, 4.69) is 30.3 Å². The van der Waals surface area contributed by atoms with Crippen LogP contribution in [-0.2, 0) is 6.42 Å². The largest absolute Gasteiger partial charge is 0.118 e. The number of benzene rings is 1. The lowest BCUT2D eigenvalue weighted by Crippen LogP contribution is -2.03. The molecule has 0 bridgehead atoms. The van der Waals surface area contributed by atoms with Crippen LogP contribution in [0.15, 0.2) is 29.8 Å². The van der Waals surface area contributed by atoms with Gasteiger partial charge in [-0.25, -0.2) is 0 Å². The fraction of sp³-hybridized carbons (Fsp3) is 0.250. The second-order valence-electron chi connectivity index (χ2n) is 3.36. The lowest BCUT2D eigenvalue weighted by atomic mass is 9.93. The van der Waals surface area contributed by atoms with Crippen LogP contribution < -0.4 is 0 Å². The molecule has 0 spiro atoms. The number of fused-ring (bicyclic) bond motifs is 1. The number of thioether (sulfide) groups is 1. The van der Waals surface area contributed by atoms with Crippen molar-refractivity contribution in [2.45, 2.75) is 12.8 Å². The van der Waals surface area contributed by atoms with Crippen molar-refractivity contribution >= 4 is 34.3 Å². The maximum Gasteiger partial charge on any atom is 0.0735 e. The van der Waals surface area contributed by atoms with E-state index in [9.17, 15) is 0 Å². The molecule has 0 saturated carbocycles. The lowest BCUT2D eigenvalue weighted by Gasteiger charge is -2.15. The first-order valence-corrected chi connectivity index (χ1v) is 6.31. The van der Waals surface area contributed by atoms with E-state index in [-0.39, 0.29) is 0 Å². The summed E-state index contributed by atoms with van der Waals surface area (Å²) in [5, 5.41) is 0. The van der Waals surface area contributed by atoms with Crippen LogP contribution in [0.5, 0.6) is 0 Å². The van der Waals surface area contributed by atoms with Gasteiger partial charge in [0, 0.05) is 0 Å². The third kappa shape index (κ3) is 1.91. The Morgan fingerprint density at radius 3 is 2.86 bits per heavy atom. The van der Waals surface area contributed by atoms with E-state index < -0.39 is 0 Å². The van der Waals surface area contributed by atoms with E-state index in [1.54, 1.807) is 11.8 Å². The average Bonchev–Trinajstić information content (AvgIpc) is 2.27. The summed E-state index contributed by atoms with van der Waals surface area (Å²) in [6.45, 7) is 0. The summed E-state index contributed by atoms with van der Waals surface area (Å²) in [5.41, 5.74) is 4.11. The Morgan fingerprint density at radius 1 is 1.29 bits per heavy atom. The molecule has 0 aromatic heterocycles. The Bertz CT molecular complexity index is 391. The summed E-state index contributed by atoms with van der Waals surface area (Å²) in [5.74, 6) is 0. The summed E-state index contributed by atoms with van der Waals surface area (Å²) in [4.78, 5) is 0. The molecular formula is C12H12S2. The average molecular weight is 220 g/mol. The molecule has 1 aromatic carbocycles. The Hall–Kier alpha value is -0.600. The molecule has 1 aromatic rings. The van der Waals surface area contributed by atoms with Gasteiger partial charge in [0.15, 0.2) is 0 Å². The van der Waals surface area contributed by atoms with Crippen molar-refractivity contribution < 1.29 is 0 Å². The molecular weight excluding hydrogens is 208 g/mol. The molecule has 0 saturated heterocycles. The molecule has 0 radical (unpaired) electrons.